The van der Waals surface area contributed by atoms with Gasteiger partial charge in [-0.2, -0.15) is 0 Å². The summed E-state index contributed by atoms with van der Waals surface area (Å²) in [6.45, 7) is 0.372. The number of carbonyl (C=O) groups excluding carboxylic acids is 1. The topological polar surface area (TPSA) is 53.5 Å². The number of nitrogens with zero attached hydrogens (tertiary/aromatic N) is 1. The molecule has 2 rings (SSSR count). The van der Waals surface area contributed by atoms with E-state index >= 15 is 4.39 Å². The van der Waals surface area contributed by atoms with Crippen LogP contribution >= 0.6 is 11.6 Å². The van der Waals surface area contributed by atoms with Crippen molar-refractivity contribution in [3.63, 3.8) is 0 Å². The molecule has 1 saturated carbocycles. The molecular formula is C18H25ClFN3O. The van der Waals surface area contributed by atoms with E-state index in [1.54, 1.807) is 7.05 Å². The molecule has 1 aromatic rings. The van der Waals surface area contributed by atoms with E-state index in [9.17, 15) is 4.79 Å². The number of benzene rings is 1. The van der Waals surface area contributed by atoms with Gasteiger partial charge in [0.2, 0.25) is 0 Å². The summed E-state index contributed by atoms with van der Waals surface area (Å²) in [7, 11) is 3.16. The first-order chi connectivity index (χ1) is 11.5. The average molecular weight is 354 g/mol. The standard InChI is InChI=1S/C18H25ClFN3O/c1-21-12-11-18(20,17(24)22-2)23-16-10-6-4-8-14(16)13-7-3-5-9-15(13)19/h3,5,7,9,14,21H,4,6,8,10-12H2,1-2H3,(H,22,24)/b23-16-. The van der Waals surface area contributed by atoms with E-state index in [-0.39, 0.29) is 12.3 Å². The van der Waals surface area contributed by atoms with Crippen LogP contribution in [0.1, 0.15) is 43.6 Å². The van der Waals surface area contributed by atoms with Gasteiger partial charge in [0, 0.05) is 36.7 Å². The number of halogens is 2. The summed E-state index contributed by atoms with van der Waals surface area (Å²) in [5.74, 6) is -2.97. The van der Waals surface area contributed by atoms with Gasteiger partial charge in [-0.15, -0.1) is 0 Å². The van der Waals surface area contributed by atoms with E-state index in [1.165, 1.54) is 7.05 Å². The second kappa shape index (κ2) is 8.58. The molecule has 2 N–H and O–H groups in total. The van der Waals surface area contributed by atoms with Crippen LogP contribution in [0.5, 0.6) is 0 Å². The fourth-order valence-electron chi connectivity index (χ4n) is 3.15. The van der Waals surface area contributed by atoms with E-state index in [4.69, 9.17) is 11.6 Å². The highest BCUT2D eigenvalue weighted by atomic mass is 35.5. The third-order valence-corrected chi connectivity index (χ3v) is 4.80. The van der Waals surface area contributed by atoms with Crippen LogP contribution in [0, 0.1) is 0 Å². The maximum Gasteiger partial charge on any atom is 0.280 e. The van der Waals surface area contributed by atoms with Gasteiger partial charge in [-0.25, -0.2) is 9.38 Å². The molecule has 0 spiro atoms. The van der Waals surface area contributed by atoms with Gasteiger partial charge in [0.15, 0.2) is 0 Å². The first-order valence-electron chi connectivity index (χ1n) is 8.40. The highest BCUT2D eigenvalue weighted by Crippen LogP contribution is 2.36. The Morgan fingerprint density at radius 1 is 1.38 bits per heavy atom. The summed E-state index contributed by atoms with van der Waals surface area (Å²) < 4.78 is 15.3. The van der Waals surface area contributed by atoms with Gasteiger partial charge in [-0.1, -0.05) is 36.2 Å². The van der Waals surface area contributed by atoms with Gasteiger partial charge in [0.1, 0.15) is 0 Å². The molecule has 24 heavy (non-hydrogen) atoms. The zero-order valence-electron chi connectivity index (χ0n) is 14.2. The average Bonchev–Trinajstić information content (AvgIpc) is 2.60. The van der Waals surface area contributed by atoms with Gasteiger partial charge in [-0.3, -0.25) is 4.79 Å². The Bertz CT molecular complexity index is 608. The number of hydrogen-bond donors (Lipinski definition) is 2. The zero-order chi connectivity index (χ0) is 17.6. The lowest BCUT2D eigenvalue weighted by Gasteiger charge is -2.29. The molecular weight excluding hydrogens is 329 g/mol. The smallest absolute Gasteiger partial charge is 0.280 e. The first kappa shape index (κ1) is 18.9. The van der Waals surface area contributed by atoms with Gasteiger partial charge in [0.05, 0.1) is 0 Å². The van der Waals surface area contributed by atoms with Gasteiger partial charge in [-0.05, 0) is 37.9 Å². The van der Waals surface area contributed by atoms with Gasteiger partial charge in [0.25, 0.3) is 11.7 Å². The molecule has 0 aromatic heterocycles. The van der Waals surface area contributed by atoms with Crippen molar-refractivity contribution in [2.45, 2.75) is 43.8 Å². The monoisotopic (exact) mass is 353 g/mol. The van der Waals surface area contributed by atoms with Crippen LogP contribution in [0.3, 0.4) is 0 Å². The molecule has 0 saturated heterocycles. The largest absolute Gasteiger partial charge is 0.355 e. The molecule has 2 unspecified atom stereocenters. The molecule has 1 aliphatic carbocycles. The molecule has 1 aliphatic rings. The summed E-state index contributed by atoms with van der Waals surface area (Å²) in [4.78, 5) is 16.4. The molecule has 4 nitrogen and oxygen atoms in total. The molecule has 6 heteroatoms. The van der Waals surface area contributed by atoms with Crippen LogP contribution in [0.15, 0.2) is 29.3 Å². The third kappa shape index (κ3) is 4.33. The fraction of sp³-hybridized carbons (Fsp3) is 0.556. The molecule has 1 fully saturated rings. The number of hydrogen-bond acceptors (Lipinski definition) is 3. The van der Waals surface area contributed by atoms with E-state index in [2.05, 4.69) is 15.6 Å². The van der Waals surface area contributed by atoms with Crippen LogP contribution in [0.25, 0.3) is 0 Å². The predicted octanol–water partition coefficient (Wildman–Crippen LogP) is 3.46. The zero-order valence-corrected chi connectivity index (χ0v) is 15.0. The van der Waals surface area contributed by atoms with Crippen LogP contribution < -0.4 is 10.6 Å². The normalized spacial score (nSPS) is 22.2. The molecule has 1 aromatic carbocycles. The number of likely N-dealkylation sites (N-methyl/N-ethyl adjacent to an activating group) is 1. The Morgan fingerprint density at radius 2 is 2.12 bits per heavy atom. The van der Waals surface area contributed by atoms with Crippen LogP contribution in [-0.2, 0) is 4.79 Å². The summed E-state index contributed by atoms with van der Waals surface area (Å²) in [6, 6.07) is 7.60. The third-order valence-electron chi connectivity index (χ3n) is 4.46. The Balaban J connectivity index is 2.38. The summed E-state index contributed by atoms with van der Waals surface area (Å²) in [5.41, 5.74) is 1.70. The van der Waals surface area contributed by atoms with Crippen LogP contribution in [0.4, 0.5) is 4.39 Å². The number of nitrogens with one attached hydrogen (secondary N) is 2. The molecule has 0 heterocycles. The van der Waals surface area contributed by atoms with Crippen molar-refractivity contribution >= 4 is 23.2 Å². The molecule has 1 amide bonds. The summed E-state index contributed by atoms with van der Waals surface area (Å²) in [5, 5.41) is 5.94. The predicted molar refractivity (Wildman–Crippen MR) is 96.5 cm³/mol. The second-order valence-corrected chi connectivity index (χ2v) is 6.52. The van der Waals surface area contributed by atoms with E-state index in [0.717, 1.165) is 30.5 Å². The Morgan fingerprint density at radius 3 is 2.79 bits per heavy atom. The van der Waals surface area contributed by atoms with Crippen molar-refractivity contribution in [3.05, 3.63) is 34.9 Å². The highest BCUT2D eigenvalue weighted by molar-refractivity contribution is 6.31. The van der Waals surface area contributed by atoms with Crippen molar-refractivity contribution in [2.75, 3.05) is 20.6 Å². The quantitative estimate of drug-likeness (QED) is 0.769. The van der Waals surface area contributed by atoms with Crippen molar-refractivity contribution in [1.82, 2.24) is 10.6 Å². The SMILES string of the molecule is CNCCC(F)(/N=C1/CCCCC1c1ccccc1Cl)C(=O)NC. The van der Waals surface area contributed by atoms with Gasteiger partial charge >= 0.3 is 0 Å². The van der Waals surface area contributed by atoms with Crippen LogP contribution in [-0.4, -0.2) is 38.1 Å². The number of alkyl halides is 1. The minimum atomic E-state index is -2.25. The van der Waals surface area contributed by atoms with Crippen molar-refractivity contribution in [2.24, 2.45) is 4.99 Å². The van der Waals surface area contributed by atoms with Crippen molar-refractivity contribution < 1.29 is 9.18 Å². The molecule has 0 aliphatic heterocycles. The molecule has 0 radical (unpaired) electrons. The minimum Gasteiger partial charge on any atom is -0.355 e. The van der Waals surface area contributed by atoms with Crippen molar-refractivity contribution in [1.29, 1.82) is 0 Å². The van der Waals surface area contributed by atoms with Crippen molar-refractivity contribution in [3.8, 4) is 0 Å². The maximum absolute atomic E-state index is 15.3. The van der Waals surface area contributed by atoms with E-state index < -0.39 is 11.7 Å². The fourth-order valence-corrected chi connectivity index (χ4v) is 3.42. The number of carbonyl (C=O) groups is 1. The van der Waals surface area contributed by atoms with E-state index in [0.29, 0.717) is 18.0 Å². The number of rotatable bonds is 6. The lowest BCUT2D eigenvalue weighted by Crippen LogP contribution is -2.43. The highest BCUT2D eigenvalue weighted by Gasteiger charge is 2.39. The minimum absolute atomic E-state index is 0.00190. The summed E-state index contributed by atoms with van der Waals surface area (Å²) >= 11 is 6.33. The Hall–Kier alpha value is -1.46. The molecule has 0 bridgehead atoms. The number of amides is 1. The second-order valence-electron chi connectivity index (χ2n) is 6.12. The maximum atomic E-state index is 15.3. The van der Waals surface area contributed by atoms with Crippen LogP contribution in [0.2, 0.25) is 5.02 Å². The first-order valence-corrected chi connectivity index (χ1v) is 8.78. The van der Waals surface area contributed by atoms with Gasteiger partial charge < -0.3 is 10.6 Å². The summed E-state index contributed by atoms with van der Waals surface area (Å²) in [6.07, 6.45) is 3.57. The number of aliphatic imine (C=N–C) groups is 1. The Kier molecular flexibility index (Phi) is 6.75. The lowest BCUT2D eigenvalue weighted by atomic mass is 9.82. The lowest BCUT2D eigenvalue weighted by molar-refractivity contribution is -0.132. The molecule has 2 atom stereocenters. The molecule has 132 valence electrons. The van der Waals surface area contributed by atoms with E-state index in [1.807, 2.05) is 24.3 Å². The Labute approximate surface area is 147 Å².